The summed E-state index contributed by atoms with van der Waals surface area (Å²) in [5.74, 6) is -0.337. The molecular weight excluding hydrogens is 410 g/mol. The highest BCUT2D eigenvalue weighted by Crippen LogP contribution is 2.43. The van der Waals surface area contributed by atoms with E-state index in [1.807, 2.05) is 73.5 Å². The molecule has 1 aliphatic heterocycles. The quantitative estimate of drug-likeness (QED) is 0.644. The van der Waals surface area contributed by atoms with Crippen molar-refractivity contribution in [2.45, 2.75) is 11.8 Å². The van der Waals surface area contributed by atoms with Crippen LogP contribution in [0.2, 0.25) is 0 Å². The van der Waals surface area contributed by atoms with Gasteiger partial charge in [-0.2, -0.15) is 0 Å². The molecule has 1 aliphatic rings. The van der Waals surface area contributed by atoms with Gasteiger partial charge in [-0.1, -0.05) is 48.0 Å². The summed E-state index contributed by atoms with van der Waals surface area (Å²) in [6, 6.07) is 22.4. The molecule has 4 rings (SSSR count). The van der Waals surface area contributed by atoms with Gasteiger partial charge in [-0.15, -0.1) is 0 Å². The van der Waals surface area contributed by atoms with Gasteiger partial charge in [-0.25, -0.2) is 8.42 Å². The highest BCUT2D eigenvalue weighted by atomic mass is 32.2. The zero-order valence-corrected chi connectivity index (χ0v) is 18.4. The predicted molar refractivity (Wildman–Crippen MR) is 124 cm³/mol. The molecule has 6 nitrogen and oxygen atoms in total. The summed E-state index contributed by atoms with van der Waals surface area (Å²) in [6.45, 7) is 2.73. The first-order valence-corrected chi connectivity index (χ1v) is 11.6. The second-order valence-corrected chi connectivity index (χ2v) is 9.47. The molecule has 1 N–H and O–H groups in total. The minimum atomic E-state index is -3.83. The lowest BCUT2D eigenvalue weighted by Gasteiger charge is -2.32. The number of amides is 1. The lowest BCUT2D eigenvalue weighted by Crippen LogP contribution is -2.44. The van der Waals surface area contributed by atoms with Gasteiger partial charge in [0, 0.05) is 37.0 Å². The number of para-hydroxylation sites is 1. The van der Waals surface area contributed by atoms with Crippen molar-refractivity contribution in [2.75, 3.05) is 35.9 Å². The minimum absolute atomic E-state index is 0.227. The molecule has 31 heavy (non-hydrogen) atoms. The number of benzene rings is 3. The number of anilines is 2. The fourth-order valence-corrected chi connectivity index (χ4v) is 5.43. The van der Waals surface area contributed by atoms with Gasteiger partial charge in [-0.05, 0) is 37.3 Å². The van der Waals surface area contributed by atoms with Crippen molar-refractivity contribution in [1.29, 1.82) is 0 Å². The monoisotopic (exact) mass is 435 g/mol. The Morgan fingerprint density at radius 1 is 0.968 bits per heavy atom. The van der Waals surface area contributed by atoms with Gasteiger partial charge >= 0.3 is 0 Å². The van der Waals surface area contributed by atoms with E-state index >= 15 is 0 Å². The third kappa shape index (κ3) is 4.14. The van der Waals surface area contributed by atoms with E-state index in [0.29, 0.717) is 24.3 Å². The van der Waals surface area contributed by atoms with Gasteiger partial charge in [0.15, 0.2) is 0 Å². The summed E-state index contributed by atoms with van der Waals surface area (Å²) in [5.41, 5.74) is 4.10. The topological polar surface area (TPSA) is 69.7 Å². The Labute approximate surface area is 183 Å². The normalized spacial score (nSPS) is 13.8. The first-order valence-electron chi connectivity index (χ1n) is 10.1. The molecule has 1 heterocycles. The summed E-state index contributed by atoms with van der Waals surface area (Å²) >= 11 is 0. The first kappa shape index (κ1) is 20.9. The van der Waals surface area contributed by atoms with E-state index in [2.05, 4.69) is 5.32 Å². The SMILES string of the molecule is Cc1ccc2c(c1)-c1ccccc1S(=O)(=O)N2CC(=O)NCCN(C)c1ccccc1. The molecule has 0 bridgehead atoms. The average molecular weight is 436 g/mol. The second kappa shape index (κ2) is 8.43. The smallest absolute Gasteiger partial charge is 0.265 e. The van der Waals surface area contributed by atoms with Gasteiger partial charge in [0.2, 0.25) is 5.91 Å². The van der Waals surface area contributed by atoms with Crippen molar-refractivity contribution in [1.82, 2.24) is 5.32 Å². The molecule has 0 unspecified atom stereocenters. The predicted octanol–water partition coefficient (Wildman–Crippen LogP) is 3.42. The molecule has 0 radical (unpaired) electrons. The number of sulfonamides is 1. The molecule has 7 heteroatoms. The van der Waals surface area contributed by atoms with Crippen molar-refractivity contribution >= 4 is 27.3 Å². The van der Waals surface area contributed by atoms with Gasteiger partial charge in [-0.3, -0.25) is 9.10 Å². The summed E-state index contributed by atoms with van der Waals surface area (Å²) in [5, 5.41) is 2.85. The van der Waals surface area contributed by atoms with E-state index in [9.17, 15) is 13.2 Å². The van der Waals surface area contributed by atoms with Crippen LogP contribution in [0.3, 0.4) is 0 Å². The maximum Gasteiger partial charge on any atom is 0.265 e. The molecule has 160 valence electrons. The van der Waals surface area contributed by atoms with Crippen molar-refractivity contribution in [3.05, 3.63) is 78.4 Å². The number of hydrogen-bond acceptors (Lipinski definition) is 4. The van der Waals surface area contributed by atoms with E-state index in [-0.39, 0.29) is 17.3 Å². The third-order valence-corrected chi connectivity index (χ3v) is 7.24. The number of rotatable bonds is 6. The summed E-state index contributed by atoms with van der Waals surface area (Å²) in [7, 11) is -1.88. The summed E-state index contributed by atoms with van der Waals surface area (Å²) in [6.07, 6.45) is 0. The van der Waals surface area contributed by atoms with Crippen LogP contribution < -0.4 is 14.5 Å². The number of carbonyl (C=O) groups excluding carboxylic acids is 1. The van der Waals surface area contributed by atoms with E-state index in [1.54, 1.807) is 18.2 Å². The molecule has 0 atom stereocenters. The average Bonchev–Trinajstić information content (AvgIpc) is 2.77. The van der Waals surface area contributed by atoms with Crippen LogP contribution in [0.1, 0.15) is 5.56 Å². The molecule has 3 aromatic carbocycles. The maximum atomic E-state index is 13.3. The van der Waals surface area contributed by atoms with Crippen LogP contribution in [0.5, 0.6) is 0 Å². The lowest BCUT2D eigenvalue weighted by molar-refractivity contribution is -0.119. The van der Waals surface area contributed by atoms with E-state index < -0.39 is 10.0 Å². The largest absolute Gasteiger partial charge is 0.373 e. The molecule has 0 saturated carbocycles. The number of hydrogen-bond donors (Lipinski definition) is 1. The van der Waals surface area contributed by atoms with Crippen LogP contribution in [-0.4, -0.2) is 41.0 Å². The van der Waals surface area contributed by atoms with Gasteiger partial charge < -0.3 is 10.2 Å². The molecule has 0 saturated heterocycles. The van der Waals surface area contributed by atoms with E-state index in [0.717, 1.165) is 16.8 Å². The standard InChI is InChI=1S/C24H25N3O3S/c1-18-12-13-22-21(16-18)20-10-6-7-11-23(20)31(29,30)27(22)17-24(28)25-14-15-26(2)19-8-4-3-5-9-19/h3-13,16H,14-15,17H2,1-2H3,(H,25,28). The van der Waals surface area contributed by atoms with Crippen LogP contribution in [0.4, 0.5) is 11.4 Å². The zero-order valence-electron chi connectivity index (χ0n) is 17.6. The summed E-state index contributed by atoms with van der Waals surface area (Å²) in [4.78, 5) is 14.9. The molecular formula is C24H25N3O3S. The van der Waals surface area contributed by atoms with Crippen LogP contribution in [-0.2, 0) is 14.8 Å². The molecule has 1 amide bonds. The number of nitrogens with zero attached hydrogens (tertiary/aromatic N) is 2. The Balaban J connectivity index is 1.51. The number of fused-ring (bicyclic) bond motifs is 3. The Hall–Kier alpha value is -3.32. The van der Waals surface area contributed by atoms with E-state index in [4.69, 9.17) is 0 Å². The number of nitrogens with one attached hydrogen (secondary N) is 1. The molecule has 0 spiro atoms. The summed E-state index contributed by atoms with van der Waals surface area (Å²) < 4.78 is 27.8. The van der Waals surface area contributed by atoms with Crippen LogP contribution in [0.25, 0.3) is 11.1 Å². The molecule has 0 fully saturated rings. The molecule has 3 aromatic rings. The van der Waals surface area contributed by atoms with Crippen LogP contribution >= 0.6 is 0 Å². The van der Waals surface area contributed by atoms with E-state index in [1.165, 1.54) is 4.31 Å². The maximum absolute atomic E-state index is 13.3. The van der Waals surface area contributed by atoms with Crippen LogP contribution in [0, 0.1) is 6.92 Å². The Bertz CT molecular complexity index is 1210. The minimum Gasteiger partial charge on any atom is -0.373 e. The van der Waals surface area contributed by atoms with Gasteiger partial charge in [0.1, 0.15) is 6.54 Å². The zero-order chi connectivity index (χ0) is 22.0. The van der Waals surface area contributed by atoms with Gasteiger partial charge in [0.25, 0.3) is 10.0 Å². The Morgan fingerprint density at radius 3 is 2.45 bits per heavy atom. The first-order chi connectivity index (χ1) is 14.9. The second-order valence-electron chi connectivity index (χ2n) is 7.64. The fraction of sp³-hybridized carbons (Fsp3) is 0.208. The number of aryl methyl sites for hydroxylation is 1. The molecule has 0 aromatic heterocycles. The van der Waals surface area contributed by atoms with Crippen molar-refractivity contribution in [3.8, 4) is 11.1 Å². The fourth-order valence-electron chi connectivity index (χ4n) is 3.78. The number of likely N-dealkylation sites (N-methyl/N-ethyl adjacent to an activating group) is 1. The number of carbonyl (C=O) groups is 1. The van der Waals surface area contributed by atoms with Crippen molar-refractivity contribution < 1.29 is 13.2 Å². The van der Waals surface area contributed by atoms with Crippen molar-refractivity contribution in [3.63, 3.8) is 0 Å². The highest BCUT2D eigenvalue weighted by molar-refractivity contribution is 7.93. The molecule has 0 aliphatic carbocycles. The van der Waals surface area contributed by atoms with Crippen molar-refractivity contribution in [2.24, 2.45) is 0 Å². The third-order valence-electron chi connectivity index (χ3n) is 5.42. The Morgan fingerprint density at radius 2 is 1.68 bits per heavy atom. The highest BCUT2D eigenvalue weighted by Gasteiger charge is 2.35. The van der Waals surface area contributed by atoms with Gasteiger partial charge in [0.05, 0.1) is 10.6 Å². The van der Waals surface area contributed by atoms with Crippen LogP contribution in [0.15, 0.2) is 77.7 Å². The Kier molecular flexibility index (Phi) is 5.69. The lowest BCUT2D eigenvalue weighted by atomic mass is 10.0.